The molecule has 4 nitrogen and oxygen atoms in total. The second-order valence-electron chi connectivity index (χ2n) is 3.84. The van der Waals surface area contributed by atoms with Crippen molar-refractivity contribution in [3.05, 3.63) is 18.1 Å². The third kappa shape index (κ3) is 1.57. The van der Waals surface area contributed by atoms with Crippen molar-refractivity contribution in [2.75, 3.05) is 11.9 Å². The number of nitrogens with zero attached hydrogens (tertiary/aromatic N) is 3. The van der Waals surface area contributed by atoms with E-state index in [4.69, 9.17) is 0 Å². The average Bonchev–Trinajstić information content (AvgIpc) is 2.15. The van der Waals surface area contributed by atoms with Gasteiger partial charge in [0.2, 0.25) is 0 Å². The van der Waals surface area contributed by atoms with E-state index >= 15 is 0 Å². The molecule has 1 aromatic rings. The lowest BCUT2D eigenvalue weighted by molar-refractivity contribution is 0.0665. The first-order valence-electron chi connectivity index (χ1n) is 4.88. The van der Waals surface area contributed by atoms with Crippen LogP contribution >= 0.6 is 0 Å². The van der Waals surface area contributed by atoms with Crippen LogP contribution in [0.2, 0.25) is 0 Å². The van der Waals surface area contributed by atoms with Crippen LogP contribution in [0.25, 0.3) is 0 Å². The van der Waals surface area contributed by atoms with Crippen molar-refractivity contribution >= 4 is 5.82 Å². The number of aryl methyl sites for hydroxylation is 1. The standard InChI is InChI=1S/C10H15N3O/c1-7-5-11-6-10(12-7)13(2)8-3-4-9(8)14/h5-6,8-9,14H,3-4H2,1-2H3. The molecular formula is C10H15N3O. The van der Waals surface area contributed by atoms with Crippen molar-refractivity contribution in [3.8, 4) is 0 Å². The summed E-state index contributed by atoms with van der Waals surface area (Å²) in [6.07, 6.45) is 5.19. The fraction of sp³-hybridized carbons (Fsp3) is 0.600. The van der Waals surface area contributed by atoms with Gasteiger partial charge in [0.15, 0.2) is 0 Å². The molecule has 0 spiro atoms. The van der Waals surface area contributed by atoms with Crippen LogP contribution in [-0.2, 0) is 0 Å². The summed E-state index contributed by atoms with van der Waals surface area (Å²) in [5, 5.41) is 9.52. The van der Waals surface area contributed by atoms with Crippen LogP contribution < -0.4 is 4.90 Å². The van der Waals surface area contributed by atoms with Crippen LogP contribution in [0.4, 0.5) is 5.82 Å². The van der Waals surface area contributed by atoms with Crippen LogP contribution in [0, 0.1) is 6.92 Å². The molecule has 0 saturated heterocycles. The maximum atomic E-state index is 9.52. The molecule has 2 rings (SSSR count). The predicted molar refractivity (Wildman–Crippen MR) is 54.2 cm³/mol. The van der Waals surface area contributed by atoms with E-state index in [1.165, 1.54) is 0 Å². The quantitative estimate of drug-likeness (QED) is 0.752. The summed E-state index contributed by atoms with van der Waals surface area (Å²) in [4.78, 5) is 10.5. The lowest BCUT2D eigenvalue weighted by Crippen LogP contribution is -2.49. The van der Waals surface area contributed by atoms with Crippen LogP contribution in [0.5, 0.6) is 0 Å². The minimum absolute atomic E-state index is 0.206. The first-order valence-corrected chi connectivity index (χ1v) is 4.88. The molecule has 1 N–H and O–H groups in total. The van der Waals surface area contributed by atoms with E-state index < -0.39 is 0 Å². The van der Waals surface area contributed by atoms with Crippen molar-refractivity contribution in [1.29, 1.82) is 0 Å². The SMILES string of the molecule is Cc1cncc(N(C)C2CCC2O)n1. The van der Waals surface area contributed by atoms with Gasteiger partial charge in [0.1, 0.15) is 5.82 Å². The molecule has 76 valence electrons. The van der Waals surface area contributed by atoms with Gasteiger partial charge in [-0.2, -0.15) is 0 Å². The molecule has 1 aliphatic carbocycles. The van der Waals surface area contributed by atoms with Gasteiger partial charge in [0.25, 0.3) is 0 Å². The maximum absolute atomic E-state index is 9.52. The molecule has 0 radical (unpaired) electrons. The summed E-state index contributed by atoms with van der Waals surface area (Å²) >= 11 is 0. The largest absolute Gasteiger partial charge is 0.391 e. The Morgan fingerprint density at radius 2 is 2.21 bits per heavy atom. The molecule has 14 heavy (non-hydrogen) atoms. The molecule has 2 unspecified atom stereocenters. The van der Waals surface area contributed by atoms with Gasteiger partial charge < -0.3 is 10.0 Å². The second-order valence-corrected chi connectivity index (χ2v) is 3.84. The van der Waals surface area contributed by atoms with Gasteiger partial charge in [-0.25, -0.2) is 4.98 Å². The van der Waals surface area contributed by atoms with Crippen LogP contribution in [0.3, 0.4) is 0 Å². The number of aliphatic hydroxyl groups is 1. The van der Waals surface area contributed by atoms with Crippen molar-refractivity contribution in [3.63, 3.8) is 0 Å². The molecule has 1 fully saturated rings. The van der Waals surface area contributed by atoms with Gasteiger partial charge in [-0.15, -0.1) is 0 Å². The lowest BCUT2D eigenvalue weighted by Gasteiger charge is -2.39. The highest BCUT2D eigenvalue weighted by molar-refractivity contribution is 5.37. The highest BCUT2D eigenvalue weighted by Gasteiger charge is 2.32. The molecule has 1 heterocycles. The summed E-state index contributed by atoms with van der Waals surface area (Å²) in [5.74, 6) is 0.841. The highest BCUT2D eigenvalue weighted by atomic mass is 16.3. The van der Waals surface area contributed by atoms with Crippen molar-refractivity contribution in [2.24, 2.45) is 0 Å². The molecule has 1 aromatic heterocycles. The Morgan fingerprint density at radius 3 is 2.71 bits per heavy atom. The highest BCUT2D eigenvalue weighted by Crippen LogP contribution is 2.27. The van der Waals surface area contributed by atoms with Crippen molar-refractivity contribution in [1.82, 2.24) is 9.97 Å². The summed E-state index contributed by atoms with van der Waals surface area (Å²) in [7, 11) is 1.95. The summed E-state index contributed by atoms with van der Waals surface area (Å²) in [6.45, 7) is 1.92. The minimum Gasteiger partial charge on any atom is -0.391 e. The number of hydrogen-bond donors (Lipinski definition) is 1. The van der Waals surface area contributed by atoms with E-state index in [0.29, 0.717) is 0 Å². The Bertz CT molecular complexity index is 329. The summed E-state index contributed by atoms with van der Waals surface area (Å²) in [5.41, 5.74) is 0.906. The van der Waals surface area contributed by atoms with Gasteiger partial charge in [0, 0.05) is 13.2 Å². The van der Waals surface area contributed by atoms with Crippen LogP contribution in [-0.4, -0.2) is 34.3 Å². The van der Waals surface area contributed by atoms with Gasteiger partial charge in [-0.1, -0.05) is 0 Å². The Morgan fingerprint density at radius 1 is 1.43 bits per heavy atom. The zero-order valence-corrected chi connectivity index (χ0v) is 8.51. The van der Waals surface area contributed by atoms with Gasteiger partial charge in [-0.05, 0) is 19.8 Å². The molecule has 4 heteroatoms. The monoisotopic (exact) mass is 193 g/mol. The molecular weight excluding hydrogens is 178 g/mol. The zero-order valence-electron chi connectivity index (χ0n) is 8.51. The normalized spacial score (nSPS) is 25.6. The van der Waals surface area contributed by atoms with Crippen molar-refractivity contribution < 1.29 is 5.11 Å². The molecule has 1 aliphatic rings. The van der Waals surface area contributed by atoms with Crippen LogP contribution in [0.1, 0.15) is 18.5 Å². The van der Waals surface area contributed by atoms with E-state index in [2.05, 4.69) is 9.97 Å². The number of rotatable bonds is 2. The number of hydrogen-bond acceptors (Lipinski definition) is 4. The van der Waals surface area contributed by atoms with E-state index in [1.54, 1.807) is 12.4 Å². The maximum Gasteiger partial charge on any atom is 0.147 e. The molecule has 2 atom stereocenters. The Hall–Kier alpha value is -1.16. The molecule has 0 bridgehead atoms. The topological polar surface area (TPSA) is 49.2 Å². The smallest absolute Gasteiger partial charge is 0.147 e. The van der Waals surface area contributed by atoms with E-state index in [0.717, 1.165) is 24.4 Å². The van der Waals surface area contributed by atoms with E-state index in [-0.39, 0.29) is 12.1 Å². The molecule has 0 amide bonds. The fourth-order valence-corrected chi connectivity index (χ4v) is 1.71. The minimum atomic E-state index is -0.206. The Kier molecular flexibility index (Phi) is 2.37. The van der Waals surface area contributed by atoms with E-state index in [1.807, 2.05) is 18.9 Å². The van der Waals surface area contributed by atoms with Crippen LogP contribution in [0.15, 0.2) is 12.4 Å². The second kappa shape index (κ2) is 3.53. The Labute approximate surface area is 83.6 Å². The molecule has 0 aromatic carbocycles. The predicted octanol–water partition coefficient (Wildman–Crippen LogP) is 0.745. The molecule has 0 aliphatic heterocycles. The Balaban J connectivity index is 2.14. The van der Waals surface area contributed by atoms with Gasteiger partial charge in [0.05, 0.1) is 24.0 Å². The zero-order chi connectivity index (χ0) is 10.1. The molecule has 1 saturated carbocycles. The lowest BCUT2D eigenvalue weighted by atomic mass is 9.88. The third-order valence-electron chi connectivity index (χ3n) is 2.80. The number of aromatic nitrogens is 2. The average molecular weight is 193 g/mol. The van der Waals surface area contributed by atoms with Gasteiger partial charge >= 0.3 is 0 Å². The number of aliphatic hydroxyl groups excluding tert-OH is 1. The van der Waals surface area contributed by atoms with E-state index in [9.17, 15) is 5.11 Å². The first kappa shape index (κ1) is 9.40. The third-order valence-corrected chi connectivity index (χ3v) is 2.80. The number of likely N-dealkylation sites (N-methyl/N-ethyl adjacent to an activating group) is 1. The fourth-order valence-electron chi connectivity index (χ4n) is 1.71. The first-order chi connectivity index (χ1) is 6.68. The van der Waals surface area contributed by atoms with Gasteiger partial charge in [-0.3, -0.25) is 4.98 Å². The summed E-state index contributed by atoms with van der Waals surface area (Å²) in [6, 6.07) is 0.214. The number of anilines is 1. The van der Waals surface area contributed by atoms with Crippen molar-refractivity contribution in [2.45, 2.75) is 31.9 Å². The summed E-state index contributed by atoms with van der Waals surface area (Å²) < 4.78 is 0.